The number of ether oxygens (including phenoxy) is 1. The predicted molar refractivity (Wildman–Crippen MR) is 87.7 cm³/mol. The van der Waals surface area contributed by atoms with Crippen LogP contribution in [0, 0.1) is 11.6 Å². The van der Waals surface area contributed by atoms with E-state index < -0.39 is 29.6 Å². The number of thioether (sulfide) groups is 1. The van der Waals surface area contributed by atoms with E-state index in [2.05, 4.69) is 5.32 Å². The van der Waals surface area contributed by atoms with Gasteiger partial charge in [-0.05, 0) is 37.3 Å². The van der Waals surface area contributed by atoms with Crippen molar-refractivity contribution in [1.29, 1.82) is 0 Å². The summed E-state index contributed by atoms with van der Waals surface area (Å²) in [6.45, 7) is 1.43. The van der Waals surface area contributed by atoms with E-state index in [4.69, 9.17) is 4.74 Å². The van der Waals surface area contributed by atoms with Crippen LogP contribution in [0.2, 0.25) is 0 Å². The lowest BCUT2D eigenvalue weighted by Crippen LogP contribution is -2.30. The number of rotatable bonds is 6. The van der Waals surface area contributed by atoms with Gasteiger partial charge < -0.3 is 10.1 Å². The standard InChI is InChI=1S/C17H15F2NO3S/c1-11(17(22)20-13-5-3-2-4-6-13)23-16(21)10-24-15-9-12(18)7-8-14(15)19/h2-9,11H,10H2,1H3,(H,20,22)/t11-/m0/s1. The fourth-order valence-electron chi connectivity index (χ4n) is 1.77. The number of carbonyl (C=O) groups is 2. The highest BCUT2D eigenvalue weighted by atomic mass is 32.2. The third-order valence-electron chi connectivity index (χ3n) is 2.96. The van der Waals surface area contributed by atoms with Crippen molar-refractivity contribution in [3.63, 3.8) is 0 Å². The number of para-hydroxylation sites is 1. The highest BCUT2D eigenvalue weighted by Gasteiger charge is 2.18. The Morgan fingerprint density at radius 3 is 2.58 bits per heavy atom. The minimum Gasteiger partial charge on any atom is -0.452 e. The summed E-state index contributed by atoms with van der Waals surface area (Å²) in [5, 5.41) is 2.60. The summed E-state index contributed by atoms with van der Waals surface area (Å²) in [4.78, 5) is 23.7. The van der Waals surface area contributed by atoms with Gasteiger partial charge in [0, 0.05) is 10.6 Å². The molecule has 0 heterocycles. The van der Waals surface area contributed by atoms with Crippen LogP contribution in [0.3, 0.4) is 0 Å². The number of amides is 1. The van der Waals surface area contributed by atoms with Crippen molar-refractivity contribution < 1.29 is 23.1 Å². The summed E-state index contributed by atoms with van der Waals surface area (Å²) in [6.07, 6.45) is -1.00. The van der Waals surface area contributed by atoms with Crippen molar-refractivity contribution in [3.8, 4) is 0 Å². The van der Waals surface area contributed by atoms with Crippen LogP contribution in [0.4, 0.5) is 14.5 Å². The zero-order valence-electron chi connectivity index (χ0n) is 12.8. The summed E-state index contributed by atoms with van der Waals surface area (Å²) in [5.74, 6) is -2.62. The molecule has 0 aromatic heterocycles. The van der Waals surface area contributed by atoms with Crippen molar-refractivity contribution >= 4 is 29.3 Å². The smallest absolute Gasteiger partial charge is 0.317 e. The average molecular weight is 351 g/mol. The van der Waals surface area contributed by atoms with Crippen LogP contribution in [0.25, 0.3) is 0 Å². The number of anilines is 1. The van der Waals surface area contributed by atoms with Crippen LogP contribution in [0.15, 0.2) is 53.4 Å². The molecule has 0 aliphatic heterocycles. The molecule has 0 spiro atoms. The van der Waals surface area contributed by atoms with Gasteiger partial charge in [0.25, 0.3) is 5.91 Å². The van der Waals surface area contributed by atoms with E-state index >= 15 is 0 Å². The lowest BCUT2D eigenvalue weighted by atomic mass is 10.3. The maximum Gasteiger partial charge on any atom is 0.317 e. The molecule has 0 bridgehead atoms. The number of benzene rings is 2. The first kappa shape index (κ1) is 17.9. The number of nitrogens with one attached hydrogen (secondary N) is 1. The maximum atomic E-state index is 13.4. The summed E-state index contributed by atoms with van der Waals surface area (Å²) in [6, 6.07) is 11.7. The highest BCUT2D eigenvalue weighted by Crippen LogP contribution is 2.22. The van der Waals surface area contributed by atoms with Crippen LogP contribution in [-0.2, 0) is 14.3 Å². The van der Waals surface area contributed by atoms with Gasteiger partial charge in [-0.1, -0.05) is 18.2 Å². The fourth-order valence-corrected chi connectivity index (χ4v) is 2.52. The van der Waals surface area contributed by atoms with Gasteiger partial charge in [-0.3, -0.25) is 9.59 Å². The Morgan fingerprint density at radius 2 is 1.88 bits per heavy atom. The molecule has 0 fully saturated rings. The van der Waals surface area contributed by atoms with Gasteiger partial charge in [0.05, 0.1) is 5.75 Å². The minimum absolute atomic E-state index is 0.00772. The molecule has 1 amide bonds. The molecule has 2 aromatic rings. The van der Waals surface area contributed by atoms with Crippen LogP contribution in [-0.4, -0.2) is 23.7 Å². The van der Waals surface area contributed by atoms with Crippen molar-refractivity contribution in [2.75, 3.05) is 11.1 Å². The van der Waals surface area contributed by atoms with E-state index in [0.29, 0.717) is 5.69 Å². The molecule has 0 unspecified atom stereocenters. The van der Waals surface area contributed by atoms with Gasteiger partial charge in [-0.2, -0.15) is 0 Å². The fraction of sp³-hybridized carbons (Fsp3) is 0.176. The molecule has 2 aromatic carbocycles. The first-order valence-electron chi connectivity index (χ1n) is 7.09. The molecule has 0 radical (unpaired) electrons. The Kier molecular flexibility index (Phi) is 6.31. The van der Waals surface area contributed by atoms with E-state index in [1.54, 1.807) is 24.3 Å². The molecule has 2 rings (SSSR count). The molecule has 24 heavy (non-hydrogen) atoms. The van der Waals surface area contributed by atoms with Gasteiger partial charge in [-0.15, -0.1) is 11.8 Å². The van der Waals surface area contributed by atoms with E-state index in [1.807, 2.05) is 6.07 Å². The zero-order valence-corrected chi connectivity index (χ0v) is 13.6. The van der Waals surface area contributed by atoms with Crippen molar-refractivity contribution in [3.05, 3.63) is 60.2 Å². The second-order valence-electron chi connectivity index (χ2n) is 4.85. The topological polar surface area (TPSA) is 55.4 Å². The first-order chi connectivity index (χ1) is 11.5. The van der Waals surface area contributed by atoms with Crippen LogP contribution in [0.5, 0.6) is 0 Å². The molecular formula is C17H15F2NO3S. The van der Waals surface area contributed by atoms with Crippen molar-refractivity contribution in [2.24, 2.45) is 0 Å². The molecule has 1 atom stereocenters. The Hall–Kier alpha value is -2.41. The summed E-state index contributed by atoms with van der Waals surface area (Å²) < 4.78 is 31.5. The number of carbonyl (C=O) groups excluding carboxylic acids is 2. The third kappa shape index (κ3) is 5.34. The molecule has 4 nitrogen and oxygen atoms in total. The normalized spacial score (nSPS) is 11.6. The average Bonchev–Trinajstić information content (AvgIpc) is 2.56. The van der Waals surface area contributed by atoms with Crippen molar-refractivity contribution in [2.45, 2.75) is 17.9 Å². The maximum absolute atomic E-state index is 13.4. The summed E-state index contributed by atoms with van der Waals surface area (Å²) in [5.41, 5.74) is 0.585. The Balaban J connectivity index is 1.83. The number of hydrogen-bond donors (Lipinski definition) is 1. The van der Waals surface area contributed by atoms with Gasteiger partial charge in [0.2, 0.25) is 0 Å². The van der Waals surface area contributed by atoms with Crippen LogP contribution >= 0.6 is 11.8 Å². The van der Waals surface area contributed by atoms with Crippen molar-refractivity contribution in [1.82, 2.24) is 0 Å². The Labute approximate surface area is 142 Å². The van der Waals surface area contributed by atoms with E-state index in [0.717, 1.165) is 30.0 Å². The zero-order chi connectivity index (χ0) is 17.5. The summed E-state index contributed by atoms with van der Waals surface area (Å²) >= 11 is 0.806. The Bertz CT molecular complexity index is 725. The quantitative estimate of drug-likeness (QED) is 0.638. The highest BCUT2D eigenvalue weighted by molar-refractivity contribution is 8.00. The number of esters is 1. The lowest BCUT2D eigenvalue weighted by molar-refractivity contribution is -0.150. The molecule has 0 aliphatic rings. The van der Waals surface area contributed by atoms with E-state index in [9.17, 15) is 18.4 Å². The minimum atomic E-state index is -1.00. The van der Waals surface area contributed by atoms with E-state index in [-0.39, 0.29) is 10.6 Å². The molecular weight excluding hydrogens is 336 g/mol. The van der Waals surface area contributed by atoms with Gasteiger partial charge in [0.1, 0.15) is 11.6 Å². The third-order valence-corrected chi connectivity index (χ3v) is 3.96. The molecule has 7 heteroatoms. The molecule has 0 saturated heterocycles. The SMILES string of the molecule is C[C@H](OC(=O)CSc1cc(F)ccc1F)C(=O)Nc1ccccc1. The predicted octanol–water partition coefficient (Wildman–Crippen LogP) is 3.63. The number of halogens is 2. The van der Waals surface area contributed by atoms with Gasteiger partial charge in [-0.25, -0.2) is 8.78 Å². The monoisotopic (exact) mass is 351 g/mol. The Morgan fingerprint density at radius 1 is 1.17 bits per heavy atom. The second-order valence-corrected chi connectivity index (χ2v) is 5.87. The largest absolute Gasteiger partial charge is 0.452 e. The summed E-state index contributed by atoms with van der Waals surface area (Å²) in [7, 11) is 0. The van der Waals surface area contributed by atoms with Crippen LogP contribution < -0.4 is 5.32 Å². The molecule has 0 aliphatic carbocycles. The molecule has 126 valence electrons. The second kappa shape index (κ2) is 8.44. The number of hydrogen-bond acceptors (Lipinski definition) is 4. The van der Waals surface area contributed by atoms with E-state index in [1.165, 1.54) is 6.92 Å². The van der Waals surface area contributed by atoms with Crippen LogP contribution in [0.1, 0.15) is 6.92 Å². The first-order valence-corrected chi connectivity index (χ1v) is 8.07. The van der Waals surface area contributed by atoms with Gasteiger partial charge in [0.15, 0.2) is 6.10 Å². The molecule has 1 N–H and O–H groups in total. The lowest BCUT2D eigenvalue weighted by Gasteiger charge is -2.13. The van der Waals surface area contributed by atoms with Gasteiger partial charge >= 0.3 is 5.97 Å². The molecule has 0 saturated carbocycles.